The van der Waals surface area contributed by atoms with Crippen molar-refractivity contribution in [2.45, 2.75) is 45.1 Å². The Bertz CT molecular complexity index is 564. The normalized spacial score (nSPS) is 21.1. The second-order valence-electron chi connectivity index (χ2n) is 7.54. The predicted octanol–water partition coefficient (Wildman–Crippen LogP) is 2.58. The second-order valence-corrected chi connectivity index (χ2v) is 7.54. The molecule has 0 aromatic heterocycles. The number of carbonyl (C=O) groups excluding carboxylic acids is 1. The van der Waals surface area contributed by atoms with Crippen molar-refractivity contribution in [1.29, 1.82) is 0 Å². The first kappa shape index (κ1) is 19.2. The van der Waals surface area contributed by atoms with Crippen LogP contribution in [0.25, 0.3) is 0 Å². The number of carbonyl (C=O) groups is 1. The van der Waals surface area contributed by atoms with E-state index < -0.39 is 0 Å². The van der Waals surface area contributed by atoms with Crippen molar-refractivity contribution >= 4 is 11.6 Å². The number of amides is 1. The van der Waals surface area contributed by atoms with E-state index in [0.29, 0.717) is 12.5 Å². The monoisotopic (exact) mass is 359 g/mol. The van der Waals surface area contributed by atoms with Crippen LogP contribution in [0.4, 0.5) is 5.69 Å². The van der Waals surface area contributed by atoms with E-state index in [1.807, 2.05) is 0 Å². The largest absolute Gasteiger partial charge is 0.378 e. The molecule has 1 atom stereocenters. The maximum Gasteiger partial charge on any atom is 0.220 e. The van der Waals surface area contributed by atoms with E-state index in [4.69, 9.17) is 4.74 Å². The molecular formula is C21H33N3O2. The van der Waals surface area contributed by atoms with Crippen LogP contribution < -0.4 is 10.2 Å². The first-order chi connectivity index (χ1) is 12.7. The van der Waals surface area contributed by atoms with Gasteiger partial charge in [0.15, 0.2) is 0 Å². The lowest BCUT2D eigenvalue weighted by Gasteiger charge is -2.36. The van der Waals surface area contributed by atoms with Crippen molar-refractivity contribution in [3.8, 4) is 0 Å². The first-order valence-electron chi connectivity index (χ1n) is 10.1. The summed E-state index contributed by atoms with van der Waals surface area (Å²) in [6.07, 6.45) is 5.05. The van der Waals surface area contributed by atoms with E-state index in [1.165, 1.54) is 11.3 Å². The molecule has 144 valence electrons. The minimum absolute atomic E-state index is 0.171. The fourth-order valence-corrected chi connectivity index (χ4v) is 3.84. The summed E-state index contributed by atoms with van der Waals surface area (Å²) in [5, 5.41) is 3.06. The summed E-state index contributed by atoms with van der Waals surface area (Å²) in [4.78, 5) is 16.9. The van der Waals surface area contributed by atoms with Crippen LogP contribution in [-0.2, 0) is 9.53 Å². The smallest absolute Gasteiger partial charge is 0.220 e. The number of nitrogens with one attached hydrogen (secondary N) is 1. The Kier molecular flexibility index (Phi) is 7.32. The van der Waals surface area contributed by atoms with Gasteiger partial charge in [0, 0.05) is 51.4 Å². The lowest BCUT2D eigenvalue weighted by molar-refractivity contribution is -0.121. The molecule has 2 saturated heterocycles. The number of benzene rings is 1. The molecule has 3 rings (SSSR count). The second kappa shape index (κ2) is 9.93. The van der Waals surface area contributed by atoms with Gasteiger partial charge in [-0.2, -0.15) is 0 Å². The number of hydrogen-bond donors (Lipinski definition) is 1. The molecule has 0 saturated carbocycles. The van der Waals surface area contributed by atoms with Crippen molar-refractivity contribution in [2.75, 3.05) is 50.8 Å². The number of hydrogen-bond acceptors (Lipinski definition) is 4. The Labute approximate surface area is 157 Å². The van der Waals surface area contributed by atoms with E-state index in [1.54, 1.807) is 0 Å². The van der Waals surface area contributed by atoms with Gasteiger partial charge in [0.1, 0.15) is 0 Å². The maximum atomic E-state index is 11.9. The predicted molar refractivity (Wildman–Crippen MR) is 106 cm³/mol. The Balaban J connectivity index is 1.25. The zero-order chi connectivity index (χ0) is 18.2. The van der Waals surface area contributed by atoms with Crippen molar-refractivity contribution in [3.63, 3.8) is 0 Å². The summed E-state index contributed by atoms with van der Waals surface area (Å²) in [7, 11) is 0. The SMILES string of the molecule is Cc1cccc(N2CCN(CCCNC(=O)CCC3CCCO3)CC2)c1. The summed E-state index contributed by atoms with van der Waals surface area (Å²) < 4.78 is 5.56. The van der Waals surface area contributed by atoms with E-state index in [9.17, 15) is 4.79 Å². The van der Waals surface area contributed by atoms with Crippen LogP contribution in [0.5, 0.6) is 0 Å². The van der Waals surface area contributed by atoms with E-state index in [-0.39, 0.29) is 5.91 Å². The highest BCUT2D eigenvalue weighted by Crippen LogP contribution is 2.18. The van der Waals surface area contributed by atoms with Gasteiger partial charge < -0.3 is 15.0 Å². The van der Waals surface area contributed by atoms with E-state index >= 15 is 0 Å². The molecule has 1 unspecified atom stereocenters. The fraction of sp³-hybridized carbons (Fsp3) is 0.667. The molecule has 0 spiro atoms. The molecule has 1 aromatic rings. The highest BCUT2D eigenvalue weighted by Gasteiger charge is 2.18. The summed E-state index contributed by atoms with van der Waals surface area (Å²) in [5.41, 5.74) is 2.66. The minimum Gasteiger partial charge on any atom is -0.378 e. The Morgan fingerprint density at radius 2 is 2.12 bits per heavy atom. The number of rotatable bonds is 8. The summed E-state index contributed by atoms with van der Waals surface area (Å²) in [6.45, 7) is 9.21. The number of piperazine rings is 1. The molecule has 2 aliphatic rings. The van der Waals surface area contributed by atoms with E-state index in [0.717, 1.165) is 71.6 Å². The van der Waals surface area contributed by atoms with Gasteiger partial charge in [0.25, 0.3) is 0 Å². The number of ether oxygens (including phenoxy) is 1. The van der Waals surface area contributed by atoms with Gasteiger partial charge in [-0.3, -0.25) is 9.69 Å². The summed E-state index contributed by atoms with van der Waals surface area (Å²) >= 11 is 0. The van der Waals surface area contributed by atoms with Gasteiger partial charge in [0.2, 0.25) is 5.91 Å². The molecule has 2 aliphatic heterocycles. The molecule has 5 heteroatoms. The number of aryl methyl sites for hydroxylation is 1. The molecule has 1 amide bonds. The van der Waals surface area contributed by atoms with Crippen LogP contribution in [0.15, 0.2) is 24.3 Å². The van der Waals surface area contributed by atoms with Gasteiger partial charge in [-0.15, -0.1) is 0 Å². The molecule has 26 heavy (non-hydrogen) atoms. The van der Waals surface area contributed by atoms with Gasteiger partial charge in [-0.1, -0.05) is 12.1 Å². The van der Waals surface area contributed by atoms with Crippen molar-refractivity contribution in [2.24, 2.45) is 0 Å². The average Bonchev–Trinajstić information content (AvgIpc) is 3.18. The lowest BCUT2D eigenvalue weighted by Crippen LogP contribution is -2.47. The third-order valence-corrected chi connectivity index (χ3v) is 5.43. The molecule has 0 bridgehead atoms. The fourth-order valence-electron chi connectivity index (χ4n) is 3.84. The molecule has 1 N–H and O–H groups in total. The number of anilines is 1. The third-order valence-electron chi connectivity index (χ3n) is 5.43. The first-order valence-corrected chi connectivity index (χ1v) is 10.1. The van der Waals surface area contributed by atoms with Crippen molar-refractivity contribution in [1.82, 2.24) is 10.2 Å². The number of nitrogens with zero attached hydrogens (tertiary/aromatic N) is 2. The molecule has 0 aliphatic carbocycles. The topological polar surface area (TPSA) is 44.8 Å². The van der Waals surface area contributed by atoms with Crippen LogP contribution >= 0.6 is 0 Å². The summed E-state index contributed by atoms with van der Waals surface area (Å²) in [5.74, 6) is 0.171. The van der Waals surface area contributed by atoms with Crippen molar-refractivity contribution < 1.29 is 9.53 Å². The lowest BCUT2D eigenvalue weighted by atomic mass is 10.1. The molecule has 2 heterocycles. The highest BCUT2D eigenvalue weighted by atomic mass is 16.5. The molecule has 5 nitrogen and oxygen atoms in total. The van der Waals surface area contributed by atoms with Crippen LogP contribution in [-0.4, -0.2) is 62.8 Å². The Morgan fingerprint density at radius 1 is 1.27 bits per heavy atom. The third kappa shape index (κ3) is 5.99. The van der Waals surface area contributed by atoms with Gasteiger partial charge in [-0.05, 0) is 56.8 Å². The standard InChI is InChI=1S/C21H33N3O2/c1-18-5-2-6-19(17-18)24-14-12-23(13-15-24)11-4-10-22-21(25)9-8-20-7-3-16-26-20/h2,5-6,17,20H,3-4,7-16H2,1H3,(H,22,25). The van der Waals surface area contributed by atoms with Crippen molar-refractivity contribution in [3.05, 3.63) is 29.8 Å². The van der Waals surface area contributed by atoms with Crippen LogP contribution in [0, 0.1) is 6.92 Å². The average molecular weight is 360 g/mol. The van der Waals surface area contributed by atoms with E-state index in [2.05, 4.69) is 46.3 Å². The maximum absolute atomic E-state index is 11.9. The van der Waals surface area contributed by atoms with Crippen LogP contribution in [0.3, 0.4) is 0 Å². The van der Waals surface area contributed by atoms with Gasteiger partial charge in [0.05, 0.1) is 6.10 Å². The van der Waals surface area contributed by atoms with Crippen LogP contribution in [0.2, 0.25) is 0 Å². The molecular weight excluding hydrogens is 326 g/mol. The van der Waals surface area contributed by atoms with Gasteiger partial charge >= 0.3 is 0 Å². The highest BCUT2D eigenvalue weighted by molar-refractivity contribution is 5.75. The zero-order valence-corrected chi connectivity index (χ0v) is 16.1. The minimum atomic E-state index is 0.171. The van der Waals surface area contributed by atoms with Gasteiger partial charge in [-0.25, -0.2) is 0 Å². The molecule has 1 aromatic carbocycles. The Morgan fingerprint density at radius 3 is 2.85 bits per heavy atom. The van der Waals surface area contributed by atoms with Crippen LogP contribution in [0.1, 0.15) is 37.7 Å². The molecule has 0 radical (unpaired) electrons. The zero-order valence-electron chi connectivity index (χ0n) is 16.1. The summed E-state index contributed by atoms with van der Waals surface area (Å²) in [6, 6.07) is 8.75. The Hall–Kier alpha value is -1.59. The molecule has 2 fully saturated rings. The quantitative estimate of drug-likeness (QED) is 0.725.